The van der Waals surface area contributed by atoms with Crippen LogP contribution in [0.1, 0.15) is 65.7 Å². The Morgan fingerprint density at radius 1 is 1.36 bits per heavy atom. The Balaban J connectivity index is 2.70. The average Bonchev–Trinajstić information content (AvgIpc) is 2.30. The lowest BCUT2D eigenvalue weighted by atomic mass is 9.72. The van der Waals surface area contributed by atoms with E-state index >= 15 is 0 Å². The molecule has 0 aromatic carbocycles. The maximum Gasteiger partial charge on any atom is -0.00935 e. The first-order valence-corrected chi connectivity index (χ1v) is 6.27. The lowest BCUT2D eigenvalue weighted by Crippen LogP contribution is -2.20. The van der Waals surface area contributed by atoms with Crippen LogP contribution in [0.4, 0.5) is 0 Å². The molecule has 14 heavy (non-hydrogen) atoms. The van der Waals surface area contributed by atoms with Gasteiger partial charge in [0.15, 0.2) is 0 Å². The van der Waals surface area contributed by atoms with Gasteiger partial charge in [-0.2, -0.15) is 0 Å². The zero-order chi connectivity index (χ0) is 10.6. The molecule has 0 aliphatic heterocycles. The molecule has 1 fully saturated rings. The van der Waals surface area contributed by atoms with Crippen LogP contribution in [0.2, 0.25) is 0 Å². The van der Waals surface area contributed by atoms with Gasteiger partial charge in [-0.15, -0.1) is 0 Å². The molecule has 0 aromatic rings. The summed E-state index contributed by atoms with van der Waals surface area (Å²) in [4.78, 5) is 0. The maximum atomic E-state index is 4.24. The summed E-state index contributed by atoms with van der Waals surface area (Å²) in [6.07, 6.45) is 9.69. The molecule has 0 spiro atoms. The topological polar surface area (TPSA) is 0 Å². The first kappa shape index (κ1) is 11.8. The highest BCUT2D eigenvalue weighted by molar-refractivity contribution is 5.08. The lowest BCUT2D eigenvalue weighted by molar-refractivity contribution is 0.275. The maximum absolute atomic E-state index is 4.24. The molecule has 1 aliphatic rings. The van der Waals surface area contributed by atoms with Crippen molar-refractivity contribution in [1.29, 1.82) is 0 Å². The predicted octanol–water partition coefficient (Wildman–Crippen LogP) is 4.95. The predicted molar refractivity (Wildman–Crippen MR) is 64.4 cm³/mol. The molecule has 1 aliphatic carbocycles. The second kappa shape index (κ2) is 5.00. The Hall–Kier alpha value is -0.260. The summed E-state index contributed by atoms with van der Waals surface area (Å²) in [7, 11) is 0. The van der Waals surface area contributed by atoms with Gasteiger partial charge in [-0.05, 0) is 43.9 Å². The smallest absolute Gasteiger partial charge is 0.00935 e. The largest absolute Gasteiger partial charge is 0.0996 e. The van der Waals surface area contributed by atoms with Crippen molar-refractivity contribution < 1.29 is 0 Å². The summed E-state index contributed by atoms with van der Waals surface area (Å²) in [6, 6.07) is 0. The van der Waals surface area contributed by atoms with Gasteiger partial charge in [0.25, 0.3) is 0 Å². The van der Waals surface area contributed by atoms with Crippen molar-refractivity contribution >= 4 is 0 Å². The van der Waals surface area contributed by atoms with E-state index in [1.54, 1.807) is 0 Å². The highest BCUT2D eigenvalue weighted by Gasteiger charge is 2.31. The van der Waals surface area contributed by atoms with Gasteiger partial charge in [0.2, 0.25) is 0 Å². The zero-order valence-electron chi connectivity index (χ0n) is 10.2. The van der Waals surface area contributed by atoms with Gasteiger partial charge in [0.05, 0.1) is 0 Å². The van der Waals surface area contributed by atoms with Crippen molar-refractivity contribution in [1.82, 2.24) is 0 Å². The molecule has 0 aromatic heterocycles. The van der Waals surface area contributed by atoms with Crippen LogP contribution in [0.25, 0.3) is 0 Å². The minimum Gasteiger partial charge on any atom is -0.0996 e. The van der Waals surface area contributed by atoms with Gasteiger partial charge in [0.1, 0.15) is 0 Å². The van der Waals surface area contributed by atoms with E-state index in [9.17, 15) is 0 Å². The molecular weight excluding hydrogens is 168 g/mol. The zero-order valence-corrected chi connectivity index (χ0v) is 10.2. The number of rotatable bonds is 3. The van der Waals surface area contributed by atoms with Crippen LogP contribution in [-0.4, -0.2) is 0 Å². The van der Waals surface area contributed by atoms with Crippen molar-refractivity contribution in [2.45, 2.75) is 65.7 Å². The van der Waals surface area contributed by atoms with Crippen LogP contribution in [0.15, 0.2) is 12.2 Å². The number of hydrogen-bond donors (Lipinski definition) is 0. The van der Waals surface area contributed by atoms with E-state index in [2.05, 4.69) is 27.4 Å². The van der Waals surface area contributed by atoms with E-state index < -0.39 is 0 Å². The van der Waals surface area contributed by atoms with Crippen molar-refractivity contribution in [3.05, 3.63) is 12.2 Å². The summed E-state index contributed by atoms with van der Waals surface area (Å²) in [5.74, 6) is 0.938. The highest BCUT2D eigenvalue weighted by Crippen LogP contribution is 2.45. The summed E-state index contributed by atoms with van der Waals surface area (Å²) in [5.41, 5.74) is 1.94. The Morgan fingerprint density at radius 2 is 2.07 bits per heavy atom. The van der Waals surface area contributed by atoms with Crippen molar-refractivity contribution in [3.8, 4) is 0 Å². The van der Waals surface area contributed by atoms with E-state index in [0.717, 1.165) is 5.92 Å². The second-order valence-corrected chi connectivity index (χ2v) is 5.35. The second-order valence-electron chi connectivity index (χ2n) is 5.35. The van der Waals surface area contributed by atoms with Crippen molar-refractivity contribution in [2.24, 2.45) is 11.3 Å². The third kappa shape index (κ3) is 2.62. The van der Waals surface area contributed by atoms with Crippen molar-refractivity contribution in [2.75, 3.05) is 0 Å². The van der Waals surface area contributed by atoms with Crippen LogP contribution < -0.4 is 0 Å². The molecule has 0 saturated heterocycles. The summed E-state index contributed by atoms with van der Waals surface area (Å²) < 4.78 is 0. The monoisotopic (exact) mass is 194 g/mol. The van der Waals surface area contributed by atoms with Crippen LogP contribution >= 0.6 is 0 Å². The van der Waals surface area contributed by atoms with E-state index in [0.29, 0.717) is 5.41 Å². The summed E-state index contributed by atoms with van der Waals surface area (Å²) in [6.45, 7) is 11.2. The van der Waals surface area contributed by atoms with Crippen molar-refractivity contribution in [3.63, 3.8) is 0 Å². The fraction of sp³-hybridized carbons (Fsp3) is 0.857. The molecule has 0 bridgehead atoms. The lowest BCUT2D eigenvalue weighted by Gasteiger charge is -2.33. The van der Waals surface area contributed by atoms with Crippen LogP contribution in [0.3, 0.4) is 0 Å². The molecule has 0 heterocycles. The molecule has 0 heteroatoms. The Bertz CT molecular complexity index is 192. The Morgan fingerprint density at radius 3 is 2.64 bits per heavy atom. The van der Waals surface area contributed by atoms with Gasteiger partial charge in [-0.25, -0.2) is 0 Å². The van der Waals surface area contributed by atoms with E-state index in [1.807, 2.05) is 0 Å². The molecule has 0 N–H and O–H groups in total. The fourth-order valence-electron chi connectivity index (χ4n) is 2.95. The third-order valence-electron chi connectivity index (χ3n) is 4.10. The molecule has 1 rings (SSSR count). The standard InChI is InChI=1S/C14H26/c1-5-9-14(12(2)3)10-6-7-13(4)8-11-14/h13H,2,5-11H2,1,3-4H3. The molecular formula is C14H26. The molecule has 0 amide bonds. The van der Waals surface area contributed by atoms with E-state index in [-0.39, 0.29) is 0 Å². The Kier molecular flexibility index (Phi) is 4.22. The third-order valence-corrected chi connectivity index (χ3v) is 4.10. The van der Waals surface area contributed by atoms with E-state index in [1.165, 1.54) is 50.5 Å². The molecule has 1 saturated carbocycles. The molecule has 82 valence electrons. The van der Waals surface area contributed by atoms with E-state index in [4.69, 9.17) is 0 Å². The quantitative estimate of drug-likeness (QED) is 0.440. The first-order valence-electron chi connectivity index (χ1n) is 6.27. The normalized spacial score (nSPS) is 33.8. The number of hydrogen-bond acceptors (Lipinski definition) is 0. The highest BCUT2D eigenvalue weighted by atomic mass is 14.4. The summed E-state index contributed by atoms with van der Waals surface area (Å²) >= 11 is 0. The van der Waals surface area contributed by atoms with Crippen LogP contribution in [0, 0.1) is 11.3 Å². The summed E-state index contributed by atoms with van der Waals surface area (Å²) in [5, 5.41) is 0. The number of allylic oxidation sites excluding steroid dienone is 1. The average molecular weight is 194 g/mol. The molecule has 2 atom stereocenters. The van der Waals surface area contributed by atoms with Crippen LogP contribution in [0.5, 0.6) is 0 Å². The fourth-order valence-corrected chi connectivity index (χ4v) is 2.95. The molecule has 0 nitrogen and oxygen atoms in total. The van der Waals surface area contributed by atoms with Crippen LogP contribution in [-0.2, 0) is 0 Å². The molecule has 0 radical (unpaired) electrons. The first-order chi connectivity index (χ1) is 6.60. The van der Waals surface area contributed by atoms with Gasteiger partial charge in [-0.3, -0.25) is 0 Å². The van der Waals surface area contributed by atoms with Gasteiger partial charge >= 0.3 is 0 Å². The van der Waals surface area contributed by atoms with Gasteiger partial charge < -0.3 is 0 Å². The molecule has 2 unspecified atom stereocenters. The minimum atomic E-state index is 0.500. The van der Waals surface area contributed by atoms with Gasteiger partial charge in [-0.1, -0.05) is 45.3 Å². The van der Waals surface area contributed by atoms with Gasteiger partial charge in [0, 0.05) is 0 Å². The Labute approximate surface area is 89.8 Å². The SMILES string of the molecule is C=C(C)C1(CCC)CCCC(C)CC1. The minimum absolute atomic E-state index is 0.500.